The average Bonchev–Trinajstić information content (AvgIpc) is 3.55. The summed E-state index contributed by atoms with van der Waals surface area (Å²) in [5, 5.41) is 0. The van der Waals surface area contributed by atoms with Crippen molar-refractivity contribution < 1.29 is 50.8 Å². The van der Waals surface area contributed by atoms with Gasteiger partial charge in [0.25, 0.3) is 0 Å². The number of hydrogen-bond acceptors (Lipinski definition) is 1. The number of ether oxygens (including phenoxy) is 1. The van der Waals surface area contributed by atoms with Gasteiger partial charge in [-0.25, -0.2) is 0 Å². The molecule has 1 unspecified atom stereocenters. The zero-order chi connectivity index (χ0) is 22.9. The summed E-state index contributed by atoms with van der Waals surface area (Å²) >= 11 is -2.57. The fraction of sp³-hybridized carbons (Fsp3) is 0.0938. The first-order valence-corrected chi connectivity index (χ1v) is 15.7. The maximum Gasteiger partial charge on any atom is -1.00 e. The third kappa shape index (κ3) is 4.63. The predicted molar refractivity (Wildman–Crippen MR) is 138 cm³/mol. The van der Waals surface area contributed by atoms with Crippen LogP contribution in [-0.4, -0.2) is 10.3 Å². The van der Waals surface area contributed by atoms with Crippen LogP contribution < -0.4 is 29.6 Å². The maximum absolute atomic E-state index is 5.89. The minimum absolute atomic E-state index is 0. The first kappa shape index (κ1) is 26.6. The van der Waals surface area contributed by atoms with Crippen LogP contribution in [0.2, 0.25) is 0 Å². The smallest absolute Gasteiger partial charge is 1.00 e. The molecule has 0 amide bonds. The molecule has 2 aliphatic rings. The van der Waals surface area contributed by atoms with Crippen molar-refractivity contribution in [3.63, 3.8) is 0 Å². The monoisotopic (exact) mass is 586 g/mol. The van der Waals surface area contributed by atoms with Crippen LogP contribution >= 0.6 is 0 Å². The molecule has 178 valence electrons. The molecule has 0 fully saturated rings. The molecule has 0 spiro atoms. The van der Waals surface area contributed by atoms with Gasteiger partial charge in [-0.3, -0.25) is 0 Å². The fourth-order valence-corrected chi connectivity index (χ4v) is 14.5. The number of hydrogen-bond donors (Lipinski definition) is 0. The summed E-state index contributed by atoms with van der Waals surface area (Å²) in [7, 11) is 1.79. The van der Waals surface area contributed by atoms with Crippen LogP contribution in [0.4, 0.5) is 0 Å². The number of benzene rings is 4. The van der Waals surface area contributed by atoms with E-state index in [0.717, 1.165) is 12.2 Å². The van der Waals surface area contributed by atoms with Crippen molar-refractivity contribution in [1.82, 2.24) is 0 Å². The van der Waals surface area contributed by atoms with E-state index in [4.69, 9.17) is 4.74 Å². The Hall–Kier alpha value is -2.51. The Balaban J connectivity index is 0.00000152. The summed E-state index contributed by atoms with van der Waals surface area (Å²) in [5.41, 5.74) is 8.26. The molecule has 0 aromatic heterocycles. The number of fused-ring (bicyclic) bond motifs is 3. The zero-order valence-corrected chi connectivity index (χ0v) is 24.0. The van der Waals surface area contributed by atoms with E-state index in [1.54, 1.807) is 13.6 Å². The number of halogens is 2. The molecule has 0 saturated carbocycles. The second kappa shape index (κ2) is 11.7. The molecule has 0 aliphatic heterocycles. The van der Waals surface area contributed by atoms with E-state index in [0.29, 0.717) is 3.63 Å². The van der Waals surface area contributed by atoms with Crippen molar-refractivity contribution in [2.24, 2.45) is 0 Å². The molecule has 0 N–H and O–H groups in total. The van der Waals surface area contributed by atoms with E-state index in [2.05, 4.69) is 121 Å². The van der Waals surface area contributed by atoms with Crippen LogP contribution in [0.1, 0.15) is 32.3 Å². The van der Waals surface area contributed by atoms with Crippen LogP contribution in [0.25, 0.3) is 11.1 Å². The van der Waals surface area contributed by atoms with E-state index < -0.39 is 21.3 Å². The third-order valence-electron chi connectivity index (χ3n) is 6.93. The van der Waals surface area contributed by atoms with Crippen LogP contribution in [0.5, 0.6) is 5.75 Å². The molecule has 0 bridgehead atoms. The Morgan fingerprint density at radius 1 is 0.722 bits per heavy atom. The van der Waals surface area contributed by atoms with Gasteiger partial charge in [-0.2, -0.15) is 0 Å². The fourth-order valence-electron chi connectivity index (χ4n) is 5.53. The Bertz CT molecular complexity index is 1410. The molecule has 4 aromatic rings. The summed E-state index contributed by atoms with van der Waals surface area (Å²) in [6, 6.07) is 37.8. The van der Waals surface area contributed by atoms with Gasteiger partial charge in [0.1, 0.15) is 0 Å². The Morgan fingerprint density at radius 3 is 1.94 bits per heavy atom. The molecular formula is C32H26Cl2OZr. The predicted octanol–water partition coefficient (Wildman–Crippen LogP) is 1.50. The van der Waals surface area contributed by atoms with Gasteiger partial charge >= 0.3 is 210 Å². The molecular weight excluding hydrogens is 562 g/mol. The summed E-state index contributed by atoms with van der Waals surface area (Å²) in [4.78, 5) is 0. The van der Waals surface area contributed by atoms with Crippen molar-refractivity contribution in [2.75, 3.05) is 7.11 Å². The molecule has 0 saturated heterocycles. The standard InChI is InChI=1S/C14H11O.C13H10.C5H5.2ClH.Zr/c1-15-13-8-4-6-11-9-10-5-2-3-7-12(10)14(11)13;1-3-7-12(8-4-1)11-13-9-5-2-6-10-13;1-2-4-5-3-1;;;/h2-9H,1H3;1-10H;1-3H,4H2;2*1H;/q;;;;;+2/p-2. The summed E-state index contributed by atoms with van der Waals surface area (Å²) in [5.74, 6) is 0.981. The SMILES string of the molecule is COc1cccc2c1-c1ccccc1[CH]2[Zr+2]([C]1=CC=CC1)=[C](c1ccccc1)c1ccccc1.[Cl-].[Cl-]. The van der Waals surface area contributed by atoms with Crippen molar-refractivity contribution in [2.45, 2.75) is 10.0 Å². The quantitative estimate of drug-likeness (QED) is 0.344. The van der Waals surface area contributed by atoms with E-state index >= 15 is 0 Å². The van der Waals surface area contributed by atoms with Gasteiger partial charge in [0.2, 0.25) is 0 Å². The summed E-state index contributed by atoms with van der Waals surface area (Å²) in [6.07, 6.45) is 8.07. The van der Waals surface area contributed by atoms with Crippen LogP contribution in [0, 0.1) is 0 Å². The molecule has 2 aliphatic carbocycles. The van der Waals surface area contributed by atoms with Gasteiger partial charge in [0.05, 0.1) is 0 Å². The molecule has 4 heteroatoms. The van der Waals surface area contributed by atoms with Gasteiger partial charge in [-0.15, -0.1) is 0 Å². The Morgan fingerprint density at radius 2 is 1.33 bits per heavy atom. The van der Waals surface area contributed by atoms with Gasteiger partial charge in [0, 0.05) is 0 Å². The molecule has 6 rings (SSSR count). The first-order chi connectivity index (χ1) is 16.9. The Kier molecular flexibility index (Phi) is 8.63. The van der Waals surface area contributed by atoms with Gasteiger partial charge in [-0.1, -0.05) is 0 Å². The largest absolute Gasteiger partial charge is 1.00 e. The number of allylic oxidation sites excluding steroid dienone is 4. The van der Waals surface area contributed by atoms with Crippen molar-refractivity contribution in [3.05, 3.63) is 147 Å². The van der Waals surface area contributed by atoms with Gasteiger partial charge in [-0.05, 0) is 0 Å². The van der Waals surface area contributed by atoms with Crippen LogP contribution in [-0.2, 0) is 21.3 Å². The molecule has 4 aromatic carbocycles. The summed E-state index contributed by atoms with van der Waals surface area (Å²) < 4.78 is 9.52. The van der Waals surface area contributed by atoms with E-state index in [1.807, 2.05) is 0 Å². The van der Waals surface area contributed by atoms with Crippen LogP contribution in [0.3, 0.4) is 0 Å². The van der Waals surface area contributed by atoms with Crippen LogP contribution in [0.15, 0.2) is 125 Å². The third-order valence-corrected chi connectivity index (χ3v) is 15.2. The van der Waals surface area contributed by atoms with Gasteiger partial charge < -0.3 is 24.8 Å². The normalized spacial score (nSPS) is 14.3. The topological polar surface area (TPSA) is 9.23 Å². The minimum Gasteiger partial charge on any atom is -1.00 e. The molecule has 0 heterocycles. The van der Waals surface area contributed by atoms with E-state index in [9.17, 15) is 0 Å². The second-order valence-corrected chi connectivity index (χ2v) is 15.1. The Labute approximate surface area is 233 Å². The first-order valence-electron chi connectivity index (χ1n) is 11.8. The second-order valence-electron chi connectivity index (χ2n) is 8.79. The van der Waals surface area contributed by atoms with Crippen molar-refractivity contribution in [3.8, 4) is 16.9 Å². The van der Waals surface area contributed by atoms with Crippen molar-refractivity contribution >= 4 is 3.21 Å². The number of rotatable bonds is 5. The molecule has 1 nitrogen and oxygen atoms in total. The zero-order valence-electron chi connectivity index (χ0n) is 20.0. The van der Waals surface area contributed by atoms with Crippen molar-refractivity contribution in [1.29, 1.82) is 0 Å². The summed E-state index contributed by atoms with van der Waals surface area (Å²) in [6.45, 7) is 0. The minimum atomic E-state index is -2.57. The maximum atomic E-state index is 5.89. The average molecular weight is 589 g/mol. The molecule has 1 atom stereocenters. The number of methoxy groups -OCH3 is 1. The molecule has 36 heavy (non-hydrogen) atoms. The van der Waals surface area contributed by atoms with E-state index in [1.165, 1.54) is 33.4 Å². The van der Waals surface area contributed by atoms with Gasteiger partial charge in [0.15, 0.2) is 0 Å². The van der Waals surface area contributed by atoms with E-state index in [-0.39, 0.29) is 24.8 Å². The molecule has 0 radical (unpaired) electrons.